The number of nitrogens with zero attached hydrogens (tertiary/aromatic N) is 1. The van der Waals surface area contributed by atoms with Crippen molar-refractivity contribution in [1.82, 2.24) is 10.2 Å². The summed E-state index contributed by atoms with van der Waals surface area (Å²) in [5.41, 5.74) is 1.01. The van der Waals surface area contributed by atoms with E-state index < -0.39 is 0 Å². The monoisotopic (exact) mass is 332 g/mol. The molecule has 2 amide bonds. The third kappa shape index (κ3) is 5.64. The van der Waals surface area contributed by atoms with Crippen LogP contribution in [0.2, 0.25) is 0 Å². The normalized spacial score (nSPS) is 18.9. The highest BCUT2D eigenvalue weighted by atomic mass is 16.3. The minimum Gasteiger partial charge on any atom is -0.396 e. The first-order chi connectivity index (χ1) is 11.6. The van der Waals surface area contributed by atoms with Gasteiger partial charge in [-0.05, 0) is 38.2 Å². The van der Waals surface area contributed by atoms with Crippen LogP contribution in [0.1, 0.15) is 38.2 Å². The molecule has 0 radical (unpaired) electrons. The molecule has 1 aromatic carbocycles. The second-order valence-corrected chi connectivity index (χ2v) is 6.62. The van der Waals surface area contributed by atoms with E-state index in [1.807, 2.05) is 42.2 Å². The lowest BCUT2D eigenvalue weighted by Crippen LogP contribution is -2.47. The van der Waals surface area contributed by atoms with Crippen LogP contribution in [0.3, 0.4) is 0 Å². The Morgan fingerprint density at radius 3 is 2.79 bits per heavy atom. The highest BCUT2D eigenvalue weighted by molar-refractivity contribution is 5.82. The average molecular weight is 332 g/mol. The Labute approximate surface area is 144 Å². The zero-order chi connectivity index (χ0) is 17.4. The predicted octanol–water partition coefficient (Wildman–Crippen LogP) is 1.74. The molecule has 0 saturated carbocycles. The van der Waals surface area contributed by atoms with Gasteiger partial charge in [0.2, 0.25) is 11.8 Å². The van der Waals surface area contributed by atoms with Gasteiger partial charge in [0.05, 0.1) is 12.3 Å². The summed E-state index contributed by atoms with van der Waals surface area (Å²) in [6.07, 6.45) is 3.54. The topological polar surface area (TPSA) is 69.6 Å². The molecule has 0 aromatic heterocycles. The van der Waals surface area contributed by atoms with Crippen LogP contribution in [0.4, 0.5) is 0 Å². The standard InChI is InChI=1S/C19H28N2O3/c1-15(7-6-12-22)20-19(24)17-10-5-11-21(14-17)18(23)13-16-8-3-2-4-9-16/h2-4,8-9,15,17,22H,5-7,10-14H2,1H3,(H,20,24). The molecule has 1 aliphatic rings. The molecule has 2 rings (SSSR count). The molecule has 132 valence electrons. The Kier molecular flexibility index (Phi) is 7.25. The third-order valence-electron chi connectivity index (χ3n) is 4.53. The molecule has 1 aliphatic heterocycles. The first-order valence-corrected chi connectivity index (χ1v) is 8.83. The Morgan fingerprint density at radius 2 is 2.08 bits per heavy atom. The summed E-state index contributed by atoms with van der Waals surface area (Å²) >= 11 is 0. The van der Waals surface area contributed by atoms with E-state index in [1.54, 1.807) is 0 Å². The number of carbonyl (C=O) groups excluding carboxylic acids is 2. The van der Waals surface area contributed by atoms with Crippen LogP contribution < -0.4 is 5.32 Å². The number of carbonyl (C=O) groups is 2. The summed E-state index contributed by atoms with van der Waals surface area (Å²) < 4.78 is 0. The second-order valence-electron chi connectivity index (χ2n) is 6.62. The maximum Gasteiger partial charge on any atom is 0.227 e. The van der Waals surface area contributed by atoms with E-state index in [1.165, 1.54) is 0 Å². The number of likely N-dealkylation sites (tertiary alicyclic amines) is 1. The van der Waals surface area contributed by atoms with Crippen LogP contribution in [0.5, 0.6) is 0 Å². The fourth-order valence-corrected chi connectivity index (χ4v) is 3.13. The van der Waals surface area contributed by atoms with Crippen LogP contribution in [-0.4, -0.2) is 47.6 Å². The number of piperidine rings is 1. The van der Waals surface area contributed by atoms with Crippen molar-refractivity contribution in [2.75, 3.05) is 19.7 Å². The molecule has 2 N–H and O–H groups in total. The Morgan fingerprint density at radius 1 is 1.33 bits per heavy atom. The number of hydrogen-bond acceptors (Lipinski definition) is 3. The third-order valence-corrected chi connectivity index (χ3v) is 4.53. The molecule has 0 spiro atoms. The Balaban J connectivity index is 1.84. The van der Waals surface area contributed by atoms with Crippen molar-refractivity contribution >= 4 is 11.8 Å². The lowest BCUT2D eigenvalue weighted by atomic mass is 9.96. The first kappa shape index (κ1) is 18.5. The molecule has 1 heterocycles. The molecular weight excluding hydrogens is 304 g/mol. The van der Waals surface area contributed by atoms with Gasteiger partial charge in [0.25, 0.3) is 0 Å². The van der Waals surface area contributed by atoms with E-state index in [2.05, 4.69) is 5.32 Å². The molecule has 0 aliphatic carbocycles. The smallest absolute Gasteiger partial charge is 0.227 e. The lowest BCUT2D eigenvalue weighted by Gasteiger charge is -2.32. The maximum atomic E-state index is 12.5. The predicted molar refractivity (Wildman–Crippen MR) is 93.4 cm³/mol. The zero-order valence-electron chi connectivity index (χ0n) is 14.4. The number of amides is 2. The van der Waals surface area contributed by atoms with Crippen molar-refractivity contribution in [3.05, 3.63) is 35.9 Å². The molecular formula is C19H28N2O3. The second kappa shape index (κ2) is 9.42. The minimum absolute atomic E-state index is 0.0256. The number of aliphatic hydroxyl groups is 1. The van der Waals surface area contributed by atoms with Gasteiger partial charge in [-0.15, -0.1) is 0 Å². The van der Waals surface area contributed by atoms with Gasteiger partial charge >= 0.3 is 0 Å². The van der Waals surface area contributed by atoms with Crippen LogP contribution in [0, 0.1) is 5.92 Å². The van der Waals surface area contributed by atoms with Gasteiger partial charge in [0.15, 0.2) is 0 Å². The van der Waals surface area contributed by atoms with Gasteiger partial charge in [0, 0.05) is 25.7 Å². The lowest BCUT2D eigenvalue weighted by molar-refractivity contribution is -0.135. The summed E-state index contributed by atoms with van der Waals surface area (Å²) in [7, 11) is 0. The Hall–Kier alpha value is -1.88. The number of hydrogen-bond donors (Lipinski definition) is 2. The van der Waals surface area contributed by atoms with Crippen LogP contribution in [0.25, 0.3) is 0 Å². The van der Waals surface area contributed by atoms with Crippen molar-refractivity contribution in [3.63, 3.8) is 0 Å². The van der Waals surface area contributed by atoms with Gasteiger partial charge in [-0.3, -0.25) is 9.59 Å². The van der Waals surface area contributed by atoms with Crippen LogP contribution in [0.15, 0.2) is 30.3 Å². The van der Waals surface area contributed by atoms with Gasteiger partial charge < -0.3 is 15.3 Å². The molecule has 2 atom stereocenters. The average Bonchev–Trinajstić information content (AvgIpc) is 2.61. The number of benzene rings is 1. The van der Waals surface area contributed by atoms with Gasteiger partial charge in [-0.25, -0.2) is 0 Å². The van der Waals surface area contributed by atoms with Crippen molar-refractivity contribution < 1.29 is 14.7 Å². The quantitative estimate of drug-likeness (QED) is 0.799. The van der Waals surface area contributed by atoms with Crippen molar-refractivity contribution in [1.29, 1.82) is 0 Å². The van der Waals surface area contributed by atoms with Gasteiger partial charge in [-0.2, -0.15) is 0 Å². The highest BCUT2D eigenvalue weighted by Gasteiger charge is 2.28. The molecule has 1 fully saturated rings. The summed E-state index contributed by atoms with van der Waals surface area (Å²) in [5.74, 6) is -0.0141. The molecule has 24 heavy (non-hydrogen) atoms. The minimum atomic E-state index is -0.130. The van der Waals surface area contributed by atoms with E-state index in [0.717, 1.165) is 31.4 Å². The molecule has 1 saturated heterocycles. The van der Waals surface area contributed by atoms with E-state index in [4.69, 9.17) is 5.11 Å². The summed E-state index contributed by atoms with van der Waals surface area (Å²) in [4.78, 5) is 26.7. The summed E-state index contributed by atoms with van der Waals surface area (Å²) in [6.45, 7) is 3.33. The van der Waals surface area contributed by atoms with E-state index in [0.29, 0.717) is 19.4 Å². The summed E-state index contributed by atoms with van der Waals surface area (Å²) in [6, 6.07) is 9.77. The van der Waals surface area contributed by atoms with Crippen molar-refractivity contribution in [2.45, 2.75) is 45.1 Å². The van der Waals surface area contributed by atoms with Crippen LogP contribution in [-0.2, 0) is 16.0 Å². The fraction of sp³-hybridized carbons (Fsp3) is 0.579. The van der Waals surface area contributed by atoms with E-state index in [-0.39, 0.29) is 30.4 Å². The van der Waals surface area contributed by atoms with E-state index >= 15 is 0 Å². The van der Waals surface area contributed by atoms with Gasteiger partial charge in [-0.1, -0.05) is 30.3 Å². The van der Waals surface area contributed by atoms with Crippen LogP contribution >= 0.6 is 0 Å². The van der Waals surface area contributed by atoms with Crippen molar-refractivity contribution in [2.24, 2.45) is 5.92 Å². The zero-order valence-corrected chi connectivity index (χ0v) is 14.4. The van der Waals surface area contributed by atoms with E-state index in [9.17, 15) is 9.59 Å². The number of nitrogens with one attached hydrogen (secondary N) is 1. The molecule has 1 aromatic rings. The first-order valence-electron chi connectivity index (χ1n) is 8.83. The molecule has 5 nitrogen and oxygen atoms in total. The van der Waals surface area contributed by atoms with Gasteiger partial charge in [0.1, 0.15) is 0 Å². The molecule has 5 heteroatoms. The Bertz CT molecular complexity index is 533. The van der Waals surface area contributed by atoms with Crippen molar-refractivity contribution in [3.8, 4) is 0 Å². The summed E-state index contributed by atoms with van der Waals surface area (Å²) in [5, 5.41) is 11.9. The molecule has 2 unspecified atom stereocenters. The number of rotatable bonds is 7. The largest absolute Gasteiger partial charge is 0.396 e. The number of aliphatic hydroxyl groups excluding tert-OH is 1. The fourth-order valence-electron chi connectivity index (χ4n) is 3.13. The highest BCUT2D eigenvalue weighted by Crippen LogP contribution is 2.18. The maximum absolute atomic E-state index is 12.5. The SMILES string of the molecule is CC(CCCO)NC(=O)C1CCCN(C(=O)Cc2ccccc2)C1. The molecule has 0 bridgehead atoms.